The molecule has 1 aromatic carbocycles. The van der Waals surface area contributed by atoms with Crippen LogP contribution in [0, 0.1) is 5.92 Å². The number of carbonyl (C=O) groups is 2. The number of hydrogen-bond acceptors (Lipinski definition) is 6. The molecule has 4 atom stereocenters. The van der Waals surface area contributed by atoms with Crippen molar-refractivity contribution in [1.82, 2.24) is 4.90 Å². The predicted molar refractivity (Wildman–Crippen MR) is 90.2 cm³/mol. The lowest BCUT2D eigenvalue weighted by molar-refractivity contribution is -0.190. The van der Waals surface area contributed by atoms with E-state index in [1.54, 1.807) is 6.07 Å². The van der Waals surface area contributed by atoms with Crippen LogP contribution in [0.2, 0.25) is 0 Å². The van der Waals surface area contributed by atoms with E-state index in [1.807, 2.05) is 6.07 Å². The summed E-state index contributed by atoms with van der Waals surface area (Å²) in [5, 5.41) is 22.2. The fourth-order valence-electron chi connectivity index (χ4n) is 6.12. The van der Waals surface area contributed by atoms with Crippen molar-refractivity contribution in [1.29, 1.82) is 0 Å². The van der Waals surface area contributed by atoms with Gasteiger partial charge in [0.2, 0.25) is 11.6 Å². The van der Waals surface area contributed by atoms with Gasteiger partial charge in [0, 0.05) is 24.6 Å². The molecule has 0 radical (unpaired) electrons. The number of nitrogens with zero attached hydrogens (tertiary/aromatic N) is 1. The number of ketones is 2. The Morgan fingerprint density at radius 2 is 2.08 bits per heavy atom. The lowest BCUT2D eigenvalue weighted by Gasteiger charge is -2.62. The van der Waals surface area contributed by atoms with E-state index < -0.39 is 28.7 Å². The van der Waals surface area contributed by atoms with Gasteiger partial charge >= 0.3 is 0 Å². The average molecular weight is 355 g/mol. The second-order valence-electron chi connectivity index (χ2n) is 8.71. The molecule has 3 aliphatic carbocycles. The fourth-order valence-corrected chi connectivity index (χ4v) is 6.12. The Morgan fingerprint density at radius 3 is 2.85 bits per heavy atom. The molecule has 1 aromatic rings. The molecule has 26 heavy (non-hydrogen) atoms. The Kier molecular flexibility index (Phi) is 2.62. The number of likely N-dealkylation sites (tertiary alicyclic amines) is 1. The number of phenolic OH excluding ortho intramolecular Hbond substituents is 1. The lowest BCUT2D eigenvalue weighted by atomic mass is 9.48. The zero-order chi connectivity index (χ0) is 17.8. The van der Waals surface area contributed by atoms with E-state index in [2.05, 4.69) is 4.90 Å². The maximum atomic E-state index is 12.7. The monoisotopic (exact) mass is 355 g/mol. The number of aliphatic hydroxyl groups is 1. The number of piperidine rings is 1. The number of rotatable bonds is 2. The average Bonchev–Trinajstić information content (AvgIpc) is 3.33. The van der Waals surface area contributed by atoms with Gasteiger partial charge < -0.3 is 14.9 Å². The number of carbonyl (C=O) groups excluding carboxylic acids is 2. The molecule has 2 saturated carbocycles. The molecule has 6 rings (SSSR count). The smallest absolute Gasteiger partial charge is 0.239 e. The number of benzene rings is 1. The van der Waals surface area contributed by atoms with Gasteiger partial charge in [0.15, 0.2) is 17.6 Å². The van der Waals surface area contributed by atoms with Crippen LogP contribution in [0.15, 0.2) is 12.1 Å². The van der Waals surface area contributed by atoms with Crippen molar-refractivity contribution in [3.05, 3.63) is 23.3 Å². The zero-order valence-electron chi connectivity index (χ0n) is 14.4. The minimum absolute atomic E-state index is 0.0195. The van der Waals surface area contributed by atoms with E-state index >= 15 is 0 Å². The largest absolute Gasteiger partial charge is 0.504 e. The van der Waals surface area contributed by atoms with Gasteiger partial charge in [-0.3, -0.25) is 14.5 Å². The van der Waals surface area contributed by atoms with Gasteiger partial charge in [0.25, 0.3) is 0 Å². The Bertz CT molecular complexity index is 877. The van der Waals surface area contributed by atoms with E-state index in [9.17, 15) is 19.8 Å². The van der Waals surface area contributed by atoms with Gasteiger partial charge in [-0.05, 0) is 49.8 Å². The van der Waals surface area contributed by atoms with Gasteiger partial charge in [-0.1, -0.05) is 6.07 Å². The van der Waals surface area contributed by atoms with Crippen LogP contribution in [0.5, 0.6) is 11.5 Å². The Morgan fingerprint density at radius 1 is 1.27 bits per heavy atom. The van der Waals surface area contributed by atoms with Crippen molar-refractivity contribution in [2.45, 2.75) is 55.3 Å². The van der Waals surface area contributed by atoms with Gasteiger partial charge in [-0.15, -0.1) is 0 Å². The van der Waals surface area contributed by atoms with Crippen LogP contribution in [0.25, 0.3) is 0 Å². The Balaban J connectivity index is 1.60. The summed E-state index contributed by atoms with van der Waals surface area (Å²) in [6.45, 7) is 1.72. The fraction of sp³-hybridized carbons (Fsp3) is 0.600. The quantitative estimate of drug-likeness (QED) is 0.760. The summed E-state index contributed by atoms with van der Waals surface area (Å²) < 4.78 is 5.89. The first kappa shape index (κ1) is 15.2. The molecule has 6 heteroatoms. The van der Waals surface area contributed by atoms with Crippen molar-refractivity contribution in [3.63, 3.8) is 0 Å². The van der Waals surface area contributed by atoms with Gasteiger partial charge in [0.1, 0.15) is 5.60 Å². The normalized spacial score (nSPS) is 40.3. The van der Waals surface area contributed by atoms with Crippen LogP contribution >= 0.6 is 0 Å². The highest BCUT2D eigenvalue weighted by Crippen LogP contribution is 2.64. The van der Waals surface area contributed by atoms with E-state index in [0.29, 0.717) is 24.5 Å². The summed E-state index contributed by atoms with van der Waals surface area (Å²) in [6, 6.07) is 3.29. The molecule has 0 amide bonds. The van der Waals surface area contributed by atoms with Crippen LogP contribution in [-0.2, 0) is 21.4 Å². The molecule has 3 fully saturated rings. The lowest BCUT2D eigenvalue weighted by Crippen LogP contribution is -2.78. The second-order valence-corrected chi connectivity index (χ2v) is 8.71. The topological polar surface area (TPSA) is 87.1 Å². The minimum atomic E-state index is -1.32. The number of hydrogen-bond donors (Lipinski definition) is 2. The summed E-state index contributed by atoms with van der Waals surface area (Å²) >= 11 is 0. The molecule has 2 aliphatic heterocycles. The first-order chi connectivity index (χ1) is 12.5. The predicted octanol–water partition coefficient (Wildman–Crippen LogP) is 0.704. The zero-order valence-corrected chi connectivity index (χ0v) is 14.4. The molecule has 136 valence electrons. The maximum Gasteiger partial charge on any atom is 0.239 e. The molecule has 5 aliphatic rings. The van der Waals surface area contributed by atoms with Crippen LogP contribution < -0.4 is 4.74 Å². The molecule has 1 saturated heterocycles. The molecule has 2 heterocycles. The number of phenols is 1. The van der Waals surface area contributed by atoms with E-state index in [1.165, 1.54) is 12.8 Å². The highest BCUT2D eigenvalue weighted by molar-refractivity contribution is 6.40. The third-order valence-corrected chi connectivity index (χ3v) is 7.46. The first-order valence-corrected chi connectivity index (χ1v) is 9.51. The maximum absolute atomic E-state index is 12.7. The minimum Gasteiger partial charge on any atom is -0.504 e. The number of ether oxygens (including phenoxy) is 1. The van der Waals surface area contributed by atoms with Crippen LogP contribution in [-0.4, -0.2) is 57.5 Å². The van der Waals surface area contributed by atoms with E-state index in [4.69, 9.17) is 4.74 Å². The van der Waals surface area contributed by atoms with Crippen LogP contribution in [0.4, 0.5) is 0 Å². The van der Waals surface area contributed by atoms with Crippen molar-refractivity contribution in [2.24, 2.45) is 5.92 Å². The standard InChI is InChI=1S/C20H21NO5/c22-12-4-3-11-7-14-20(25)8-13(23)16(24)18-19(20,15(11)17(12)26-18)5-6-21(14)9-10-1-2-10/h3-4,10,14,18,22,25H,1-2,5-9H2/t14-,18+,19+,20-/m1/s1. The molecule has 2 N–H and O–H groups in total. The second kappa shape index (κ2) is 4.49. The molecule has 1 spiro atoms. The van der Waals surface area contributed by atoms with Crippen LogP contribution in [0.1, 0.15) is 36.8 Å². The van der Waals surface area contributed by atoms with Crippen molar-refractivity contribution < 1.29 is 24.5 Å². The first-order valence-electron chi connectivity index (χ1n) is 9.51. The summed E-state index contributed by atoms with van der Waals surface area (Å²) in [5.74, 6) is -0.160. The SMILES string of the molecule is O=C1C[C@@]2(O)[C@H]3Cc4ccc(O)c5c4[C@@]2(CCN3CC2CC2)[C@@H](O5)C1=O. The van der Waals surface area contributed by atoms with Crippen molar-refractivity contribution >= 4 is 11.6 Å². The third kappa shape index (κ3) is 1.53. The molecule has 2 bridgehead atoms. The molecule has 6 nitrogen and oxygen atoms in total. The molecular weight excluding hydrogens is 334 g/mol. The molecular formula is C20H21NO5. The van der Waals surface area contributed by atoms with Gasteiger partial charge in [0.05, 0.1) is 5.41 Å². The van der Waals surface area contributed by atoms with E-state index in [0.717, 1.165) is 24.2 Å². The summed E-state index contributed by atoms with van der Waals surface area (Å²) in [7, 11) is 0. The highest BCUT2D eigenvalue weighted by Gasteiger charge is 2.75. The van der Waals surface area contributed by atoms with Crippen molar-refractivity contribution in [3.8, 4) is 11.5 Å². The third-order valence-electron chi connectivity index (χ3n) is 7.46. The van der Waals surface area contributed by atoms with Gasteiger partial charge in [-0.25, -0.2) is 0 Å². The summed E-state index contributed by atoms with van der Waals surface area (Å²) in [5.41, 5.74) is -0.433. The summed E-state index contributed by atoms with van der Waals surface area (Å²) in [6.07, 6.45) is 2.48. The van der Waals surface area contributed by atoms with E-state index in [-0.39, 0.29) is 18.2 Å². The summed E-state index contributed by atoms with van der Waals surface area (Å²) in [4.78, 5) is 27.5. The number of aromatic hydroxyl groups is 1. The molecule has 0 unspecified atom stereocenters. The van der Waals surface area contributed by atoms with Gasteiger partial charge in [-0.2, -0.15) is 0 Å². The Hall–Kier alpha value is -1.92. The highest BCUT2D eigenvalue weighted by atomic mass is 16.5. The Labute approximate surface area is 150 Å². The number of Topliss-reactive ketones (excluding diaryl/α,β-unsaturated/α-hetero) is 2. The molecule has 0 aromatic heterocycles. The van der Waals surface area contributed by atoms with Crippen molar-refractivity contribution in [2.75, 3.05) is 13.1 Å². The van der Waals surface area contributed by atoms with Crippen LogP contribution in [0.3, 0.4) is 0 Å².